The number of carbonyl (C=O) groups excluding carboxylic acids is 3. The molecule has 1 unspecified atom stereocenters. The molecule has 0 bridgehead atoms. The van der Waals surface area contributed by atoms with Crippen molar-refractivity contribution in [1.29, 1.82) is 0 Å². The van der Waals surface area contributed by atoms with Crippen LogP contribution in [-0.4, -0.2) is 80.2 Å². The van der Waals surface area contributed by atoms with Gasteiger partial charge in [0.25, 0.3) is 0 Å². The number of carbonyl (C=O) groups is 7. The summed E-state index contributed by atoms with van der Waals surface area (Å²) in [5.41, 5.74) is 0. The molecular formula is C33H57N3O11. The van der Waals surface area contributed by atoms with Crippen molar-refractivity contribution in [3.05, 3.63) is 0 Å². The molecule has 47 heavy (non-hydrogen) atoms. The monoisotopic (exact) mass is 671 g/mol. The maximum Gasteiger partial charge on any atom is 0.326 e. The highest BCUT2D eigenvalue weighted by Gasteiger charge is 2.28. The molecule has 0 spiro atoms. The predicted molar refractivity (Wildman–Crippen MR) is 174 cm³/mol. The molecule has 0 saturated carbocycles. The van der Waals surface area contributed by atoms with Gasteiger partial charge in [-0.05, 0) is 25.7 Å². The highest BCUT2D eigenvalue weighted by Crippen LogP contribution is 2.14. The van der Waals surface area contributed by atoms with Crippen molar-refractivity contribution in [2.45, 2.75) is 166 Å². The molecule has 0 rings (SSSR count). The highest BCUT2D eigenvalue weighted by molar-refractivity contribution is 5.91. The quantitative estimate of drug-likeness (QED) is 0.0511. The minimum atomic E-state index is -1.55. The zero-order chi connectivity index (χ0) is 35.5. The van der Waals surface area contributed by atoms with Crippen molar-refractivity contribution in [1.82, 2.24) is 16.0 Å². The first-order chi connectivity index (χ1) is 22.4. The van der Waals surface area contributed by atoms with Crippen LogP contribution in [0.4, 0.5) is 0 Å². The number of nitrogens with one attached hydrogen (secondary N) is 3. The molecule has 0 radical (unpaired) electrons. The topological polar surface area (TPSA) is 236 Å². The maximum absolute atomic E-state index is 12.9. The molecule has 0 aromatic carbocycles. The van der Waals surface area contributed by atoms with E-state index in [1.807, 2.05) is 0 Å². The van der Waals surface area contributed by atoms with E-state index in [2.05, 4.69) is 22.9 Å². The fraction of sp³-hybridized carbons (Fsp3) is 0.788. The summed E-state index contributed by atoms with van der Waals surface area (Å²) in [4.78, 5) is 82.7. The summed E-state index contributed by atoms with van der Waals surface area (Å²) in [5, 5.41) is 43.3. The van der Waals surface area contributed by atoms with E-state index in [0.717, 1.165) is 25.7 Å². The Hall–Kier alpha value is -3.71. The van der Waals surface area contributed by atoms with Gasteiger partial charge in [0.15, 0.2) is 0 Å². The lowest BCUT2D eigenvalue weighted by molar-refractivity contribution is -0.144. The normalized spacial score (nSPS) is 12.8. The zero-order valence-electron chi connectivity index (χ0n) is 27.9. The molecule has 0 aliphatic rings. The minimum absolute atomic E-state index is 0.103. The highest BCUT2D eigenvalue weighted by atomic mass is 16.4. The van der Waals surface area contributed by atoms with Crippen LogP contribution in [0.5, 0.6) is 0 Å². The summed E-state index contributed by atoms with van der Waals surface area (Å²) < 4.78 is 0. The van der Waals surface area contributed by atoms with E-state index in [9.17, 15) is 43.8 Å². The van der Waals surface area contributed by atoms with Crippen LogP contribution in [-0.2, 0) is 33.6 Å². The van der Waals surface area contributed by atoms with E-state index in [1.165, 1.54) is 64.2 Å². The summed E-state index contributed by atoms with van der Waals surface area (Å²) in [6.45, 7) is 2.22. The van der Waals surface area contributed by atoms with E-state index in [-0.39, 0.29) is 19.3 Å². The Balaban J connectivity index is 4.77. The van der Waals surface area contributed by atoms with Crippen LogP contribution in [0.3, 0.4) is 0 Å². The predicted octanol–water partition coefficient (Wildman–Crippen LogP) is 4.38. The van der Waals surface area contributed by atoms with Gasteiger partial charge in [-0.3, -0.25) is 24.0 Å². The molecule has 14 heteroatoms. The van der Waals surface area contributed by atoms with Crippen molar-refractivity contribution in [3.8, 4) is 0 Å². The third-order valence-corrected chi connectivity index (χ3v) is 7.86. The fourth-order valence-electron chi connectivity index (χ4n) is 5.06. The van der Waals surface area contributed by atoms with Crippen molar-refractivity contribution < 1.29 is 54.0 Å². The van der Waals surface area contributed by atoms with Crippen molar-refractivity contribution in [2.24, 2.45) is 0 Å². The summed E-state index contributed by atoms with van der Waals surface area (Å²) in [6, 6.07) is -4.37. The molecule has 0 aliphatic heterocycles. The lowest BCUT2D eigenvalue weighted by atomic mass is 10.0. The number of rotatable bonds is 31. The van der Waals surface area contributed by atoms with Gasteiger partial charge in [0, 0.05) is 25.7 Å². The Kier molecular flexibility index (Phi) is 25.2. The molecule has 0 aromatic rings. The van der Waals surface area contributed by atoms with Gasteiger partial charge in [-0.15, -0.1) is 0 Å². The number of carboxylic acid groups (broad SMARTS) is 4. The Morgan fingerprint density at radius 3 is 1.17 bits per heavy atom. The average molecular weight is 672 g/mol. The van der Waals surface area contributed by atoms with Gasteiger partial charge in [0.05, 0.1) is 0 Å². The minimum Gasteiger partial charge on any atom is -0.481 e. The molecular weight excluding hydrogens is 614 g/mol. The van der Waals surface area contributed by atoms with Crippen LogP contribution in [0, 0.1) is 0 Å². The van der Waals surface area contributed by atoms with E-state index >= 15 is 0 Å². The average Bonchev–Trinajstić information content (AvgIpc) is 3.00. The lowest BCUT2D eigenvalue weighted by Gasteiger charge is -2.22. The molecule has 0 heterocycles. The van der Waals surface area contributed by atoms with Gasteiger partial charge in [0.2, 0.25) is 17.7 Å². The Morgan fingerprint density at radius 2 is 0.766 bits per heavy atom. The summed E-state index contributed by atoms with van der Waals surface area (Å²) in [7, 11) is 0. The van der Waals surface area contributed by atoms with Crippen molar-refractivity contribution in [3.63, 3.8) is 0 Å². The van der Waals surface area contributed by atoms with E-state index in [4.69, 9.17) is 10.2 Å². The fourth-order valence-corrected chi connectivity index (χ4v) is 5.06. The Morgan fingerprint density at radius 1 is 0.426 bits per heavy atom. The van der Waals surface area contributed by atoms with Crippen molar-refractivity contribution >= 4 is 41.6 Å². The second-order valence-corrected chi connectivity index (χ2v) is 12.1. The molecule has 0 aliphatic carbocycles. The molecule has 0 fully saturated rings. The molecule has 14 nitrogen and oxygen atoms in total. The van der Waals surface area contributed by atoms with E-state index < -0.39 is 85.4 Å². The van der Waals surface area contributed by atoms with Crippen LogP contribution in [0.15, 0.2) is 0 Å². The standard InChI is InChI=1S/C33H57N3O11/c1-2-3-4-5-6-7-8-9-10-11-12-13-14-15-16-17-27(37)34-24(31(43)36-26(33(46)47)20-23-30(41)42)18-21-28(38)35-25(32(44)45)19-22-29(39)40/h24-26H,2-23H2,1H3,(H,34,37)(H,35,38)(H,36,43)(H,39,40)(H,41,42)(H,44,45)(H,46,47)/t24?,25-,26-/m0/s1. The number of unbranched alkanes of at least 4 members (excludes halogenated alkanes) is 14. The first-order valence-corrected chi connectivity index (χ1v) is 17.2. The second kappa shape index (κ2) is 27.4. The summed E-state index contributed by atoms with van der Waals surface area (Å²) in [6.07, 6.45) is 15.0. The smallest absolute Gasteiger partial charge is 0.326 e. The maximum atomic E-state index is 12.9. The number of hydrogen-bond donors (Lipinski definition) is 7. The number of carboxylic acids is 4. The Bertz CT molecular complexity index is 973. The lowest BCUT2D eigenvalue weighted by Crippen LogP contribution is -2.52. The molecule has 270 valence electrons. The number of aliphatic carboxylic acids is 4. The van der Waals surface area contributed by atoms with Crippen LogP contribution >= 0.6 is 0 Å². The largest absolute Gasteiger partial charge is 0.481 e. The van der Waals surface area contributed by atoms with Gasteiger partial charge >= 0.3 is 23.9 Å². The summed E-state index contributed by atoms with van der Waals surface area (Å²) in [5.74, 6) is -7.63. The van der Waals surface area contributed by atoms with Crippen LogP contribution < -0.4 is 16.0 Å². The van der Waals surface area contributed by atoms with Crippen LogP contribution in [0.25, 0.3) is 0 Å². The summed E-state index contributed by atoms with van der Waals surface area (Å²) >= 11 is 0. The molecule has 7 N–H and O–H groups in total. The molecule has 0 aromatic heterocycles. The van der Waals surface area contributed by atoms with Crippen LogP contribution in [0.1, 0.15) is 148 Å². The third-order valence-electron chi connectivity index (χ3n) is 7.86. The second-order valence-electron chi connectivity index (χ2n) is 12.1. The Labute approximate surface area is 277 Å². The van der Waals surface area contributed by atoms with Gasteiger partial charge < -0.3 is 36.4 Å². The van der Waals surface area contributed by atoms with E-state index in [1.54, 1.807) is 0 Å². The zero-order valence-corrected chi connectivity index (χ0v) is 27.9. The first kappa shape index (κ1) is 43.3. The first-order valence-electron chi connectivity index (χ1n) is 17.2. The van der Waals surface area contributed by atoms with Crippen molar-refractivity contribution in [2.75, 3.05) is 0 Å². The van der Waals surface area contributed by atoms with Gasteiger partial charge in [-0.25, -0.2) is 9.59 Å². The van der Waals surface area contributed by atoms with Gasteiger partial charge in [0.1, 0.15) is 18.1 Å². The molecule has 3 amide bonds. The SMILES string of the molecule is CCCCCCCCCCCCCCCCCC(=O)NC(CCC(=O)N[C@@H](CCC(=O)O)C(=O)O)C(=O)N[C@@H](CCC(=O)O)C(=O)O. The third kappa shape index (κ3) is 25.1. The van der Waals surface area contributed by atoms with Gasteiger partial charge in [-0.2, -0.15) is 0 Å². The number of hydrogen-bond acceptors (Lipinski definition) is 7. The van der Waals surface area contributed by atoms with Crippen LogP contribution in [0.2, 0.25) is 0 Å². The van der Waals surface area contributed by atoms with Gasteiger partial charge in [-0.1, -0.05) is 96.8 Å². The number of amides is 3. The van der Waals surface area contributed by atoms with E-state index in [0.29, 0.717) is 6.42 Å². The molecule has 0 saturated heterocycles. The molecule has 3 atom stereocenters.